The van der Waals surface area contributed by atoms with Crippen molar-refractivity contribution in [1.29, 1.82) is 0 Å². The summed E-state index contributed by atoms with van der Waals surface area (Å²) in [7, 11) is 0. The Labute approximate surface area is 148 Å². The number of amides is 3. The molecule has 1 aliphatic carbocycles. The summed E-state index contributed by atoms with van der Waals surface area (Å²) in [4.78, 5) is 26.2. The van der Waals surface area contributed by atoms with Gasteiger partial charge >= 0.3 is 6.03 Å². The fraction of sp³-hybridized carbons (Fsp3) is 0.579. The second-order valence-electron chi connectivity index (χ2n) is 7.00. The lowest BCUT2D eigenvalue weighted by molar-refractivity contribution is 0.0703. The number of carbonyl (C=O) groups is 2. The van der Waals surface area contributed by atoms with Crippen molar-refractivity contribution >= 4 is 11.9 Å². The standard InChI is InChI=1S/C19H26FN3O2/c20-17-9-5-4-8-16(17)18(24)23-12-10-15(11-13-23)22-19(25)21-14-6-2-1-3-7-14/h4-5,8-9,14-15H,1-3,6-7,10-13H2,(H2,21,22,25). The minimum atomic E-state index is -0.486. The maximum Gasteiger partial charge on any atom is 0.315 e. The van der Waals surface area contributed by atoms with Gasteiger partial charge in [-0.1, -0.05) is 31.4 Å². The van der Waals surface area contributed by atoms with Crippen LogP contribution < -0.4 is 10.6 Å². The van der Waals surface area contributed by atoms with E-state index in [4.69, 9.17) is 0 Å². The zero-order valence-corrected chi connectivity index (χ0v) is 14.5. The monoisotopic (exact) mass is 347 g/mol. The van der Waals surface area contributed by atoms with E-state index in [1.54, 1.807) is 17.0 Å². The van der Waals surface area contributed by atoms with Crippen molar-refractivity contribution in [2.45, 2.75) is 57.0 Å². The lowest BCUT2D eigenvalue weighted by atomic mass is 9.96. The molecule has 1 aliphatic heterocycles. The molecule has 1 aromatic carbocycles. The van der Waals surface area contributed by atoms with Crippen molar-refractivity contribution in [1.82, 2.24) is 15.5 Å². The molecular weight excluding hydrogens is 321 g/mol. The summed E-state index contributed by atoms with van der Waals surface area (Å²) < 4.78 is 13.8. The van der Waals surface area contributed by atoms with Gasteiger partial charge in [0.05, 0.1) is 5.56 Å². The van der Waals surface area contributed by atoms with Gasteiger partial charge in [-0.25, -0.2) is 9.18 Å². The van der Waals surface area contributed by atoms with Crippen molar-refractivity contribution < 1.29 is 14.0 Å². The first kappa shape index (κ1) is 17.7. The number of likely N-dealkylation sites (tertiary alicyclic amines) is 1. The highest BCUT2D eigenvalue weighted by Gasteiger charge is 2.26. The maximum atomic E-state index is 13.8. The molecule has 1 saturated heterocycles. The smallest absolute Gasteiger partial charge is 0.315 e. The summed E-state index contributed by atoms with van der Waals surface area (Å²) in [5.41, 5.74) is 0.115. The molecule has 6 heteroatoms. The van der Waals surface area contributed by atoms with Gasteiger partial charge in [-0.2, -0.15) is 0 Å². The SMILES string of the molecule is O=C(NC1CCCCC1)NC1CCN(C(=O)c2ccccc2F)CC1. The Kier molecular flexibility index (Phi) is 5.89. The zero-order valence-electron chi connectivity index (χ0n) is 14.5. The number of benzene rings is 1. The van der Waals surface area contributed by atoms with Crippen LogP contribution in [0.3, 0.4) is 0 Å². The third-order valence-electron chi connectivity index (χ3n) is 5.16. The minimum absolute atomic E-state index is 0.0632. The predicted molar refractivity (Wildman–Crippen MR) is 93.9 cm³/mol. The maximum absolute atomic E-state index is 13.8. The van der Waals surface area contributed by atoms with E-state index in [0.29, 0.717) is 25.9 Å². The van der Waals surface area contributed by atoms with Gasteiger partial charge in [0.1, 0.15) is 5.82 Å². The third kappa shape index (κ3) is 4.71. The Morgan fingerprint density at radius 2 is 1.52 bits per heavy atom. The zero-order chi connectivity index (χ0) is 17.6. The van der Waals surface area contributed by atoms with Crippen LogP contribution in [0.15, 0.2) is 24.3 Å². The number of halogens is 1. The van der Waals surface area contributed by atoms with Gasteiger partial charge < -0.3 is 15.5 Å². The number of piperidine rings is 1. The Hall–Kier alpha value is -2.11. The number of rotatable bonds is 3. The molecule has 2 fully saturated rings. The molecule has 1 saturated carbocycles. The summed E-state index contributed by atoms with van der Waals surface area (Å²) in [5, 5.41) is 6.07. The van der Waals surface area contributed by atoms with Gasteiger partial charge in [0.25, 0.3) is 5.91 Å². The third-order valence-corrected chi connectivity index (χ3v) is 5.16. The number of nitrogens with one attached hydrogen (secondary N) is 2. The van der Waals surface area contributed by atoms with Crippen molar-refractivity contribution in [2.75, 3.05) is 13.1 Å². The molecule has 2 aliphatic rings. The molecule has 5 nitrogen and oxygen atoms in total. The Morgan fingerprint density at radius 1 is 0.920 bits per heavy atom. The fourth-order valence-corrected chi connectivity index (χ4v) is 3.69. The predicted octanol–water partition coefficient (Wildman–Crippen LogP) is 3.06. The summed E-state index contributed by atoms with van der Waals surface area (Å²) in [6.45, 7) is 1.06. The lowest BCUT2D eigenvalue weighted by Crippen LogP contribution is -2.51. The van der Waals surface area contributed by atoms with Crippen LogP contribution in [0.5, 0.6) is 0 Å². The number of urea groups is 1. The van der Waals surface area contributed by atoms with Gasteiger partial charge in [0, 0.05) is 25.2 Å². The topological polar surface area (TPSA) is 61.4 Å². The summed E-state index contributed by atoms with van der Waals surface area (Å²) in [6, 6.07) is 6.31. The summed E-state index contributed by atoms with van der Waals surface area (Å²) >= 11 is 0. The van der Waals surface area contributed by atoms with Crippen LogP contribution in [0.25, 0.3) is 0 Å². The van der Waals surface area contributed by atoms with Crippen LogP contribution in [0.4, 0.5) is 9.18 Å². The van der Waals surface area contributed by atoms with Gasteiger partial charge in [0.2, 0.25) is 0 Å². The number of nitrogens with zero attached hydrogens (tertiary/aromatic N) is 1. The largest absolute Gasteiger partial charge is 0.338 e. The molecule has 0 aromatic heterocycles. The van der Waals surface area contributed by atoms with E-state index in [0.717, 1.165) is 12.8 Å². The Morgan fingerprint density at radius 3 is 2.16 bits per heavy atom. The second-order valence-corrected chi connectivity index (χ2v) is 7.00. The first-order valence-electron chi connectivity index (χ1n) is 9.24. The highest BCUT2D eigenvalue weighted by Crippen LogP contribution is 2.18. The lowest BCUT2D eigenvalue weighted by Gasteiger charge is -2.33. The molecule has 1 heterocycles. The van der Waals surface area contributed by atoms with Gasteiger partial charge in [-0.15, -0.1) is 0 Å². The highest BCUT2D eigenvalue weighted by molar-refractivity contribution is 5.94. The molecule has 0 atom stereocenters. The molecule has 0 radical (unpaired) electrons. The second kappa shape index (κ2) is 8.32. The van der Waals surface area contributed by atoms with E-state index in [1.165, 1.54) is 31.4 Å². The van der Waals surface area contributed by atoms with E-state index in [9.17, 15) is 14.0 Å². The van der Waals surface area contributed by atoms with E-state index >= 15 is 0 Å². The van der Waals surface area contributed by atoms with Gasteiger partial charge in [-0.05, 0) is 37.8 Å². The number of carbonyl (C=O) groups excluding carboxylic acids is 2. The van der Waals surface area contributed by atoms with Crippen molar-refractivity contribution in [3.63, 3.8) is 0 Å². The van der Waals surface area contributed by atoms with E-state index in [2.05, 4.69) is 10.6 Å². The van der Waals surface area contributed by atoms with Crippen LogP contribution in [0.1, 0.15) is 55.3 Å². The van der Waals surface area contributed by atoms with E-state index < -0.39 is 5.82 Å². The van der Waals surface area contributed by atoms with Gasteiger partial charge in [-0.3, -0.25) is 4.79 Å². The molecule has 2 N–H and O–H groups in total. The molecule has 136 valence electrons. The van der Waals surface area contributed by atoms with Crippen LogP contribution in [-0.2, 0) is 0 Å². The quantitative estimate of drug-likeness (QED) is 0.883. The molecule has 3 rings (SSSR count). The van der Waals surface area contributed by atoms with Crippen LogP contribution in [0.2, 0.25) is 0 Å². The number of hydrogen-bond acceptors (Lipinski definition) is 2. The first-order chi connectivity index (χ1) is 12.1. The fourth-order valence-electron chi connectivity index (χ4n) is 3.69. The number of hydrogen-bond donors (Lipinski definition) is 2. The van der Waals surface area contributed by atoms with Crippen LogP contribution >= 0.6 is 0 Å². The average molecular weight is 347 g/mol. The molecule has 3 amide bonds. The van der Waals surface area contributed by atoms with E-state index in [-0.39, 0.29) is 29.6 Å². The van der Waals surface area contributed by atoms with Gasteiger partial charge in [0.15, 0.2) is 0 Å². The summed E-state index contributed by atoms with van der Waals surface area (Å²) in [5.74, 6) is -0.761. The first-order valence-corrected chi connectivity index (χ1v) is 9.24. The average Bonchev–Trinajstić information content (AvgIpc) is 2.63. The van der Waals surface area contributed by atoms with Crippen LogP contribution in [0, 0.1) is 5.82 Å². The molecule has 25 heavy (non-hydrogen) atoms. The minimum Gasteiger partial charge on any atom is -0.338 e. The molecule has 0 bridgehead atoms. The summed E-state index contributed by atoms with van der Waals surface area (Å²) in [6.07, 6.45) is 7.12. The normalized spacial score (nSPS) is 19.5. The van der Waals surface area contributed by atoms with E-state index in [1.807, 2.05) is 0 Å². The van der Waals surface area contributed by atoms with Crippen molar-refractivity contribution in [3.8, 4) is 0 Å². The highest BCUT2D eigenvalue weighted by atomic mass is 19.1. The molecule has 0 unspecified atom stereocenters. The van der Waals surface area contributed by atoms with Crippen molar-refractivity contribution in [2.24, 2.45) is 0 Å². The molecular formula is C19H26FN3O2. The Balaban J connectivity index is 1.44. The Bertz CT molecular complexity index is 608. The molecule has 0 spiro atoms. The van der Waals surface area contributed by atoms with Crippen LogP contribution in [-0.4, -0.2) is 42.0 Å². The molecule has 1 aromatic rings. The van der Waals surface area contributed by atoms with Crippen molar-refractivity contribution in [3.05, 3.63) is 35.6 Å².